The summed E-state index contributed by atoms with van der Waals surface area (Å²) in [6.07, 6.45) is 15.4. The number of hydrogen-bond acceptors (Lipinski definition) is 6. The average molecular weight is 511 g/mol. The first-order valence-electron chi connectivity index (χ1n) is 13.5. The maximum atomic E-state index is 13.0. The van der Waals surface area contributed by atoms with Gasteiger partial charge in [0.05, 0.1) is 18.4 Å². The number of amides is 1. The van der Waals surface area contributed by atoms with E-state index in [1.165, 1.54) is 0 Å². The average Bonchev–Trinajstić information content (AvgIpc) is 3.63. The predicted molar refractivity (Wildman–Crippen MR) is 146 cm³/mol. The van der Waals surface area contributed by atoms with Crippen LogP contribution in [0.15, 0.2) is 61.4 Å². The van der Waals surface area contributed by atoms with E-state index in [4.69, 9.17) is 0 Å². The Bertz CT molecular complexity index is 1390. The largest absolute Gasteiger partial charge is 0.340 e. The van der Waals surface area contributed by atoms with Gasteiger partial charge in [-0.05, 0) is 44.4 Å². The molecule has 9 heteroatoms. The topological polar surface area (TPSA) is 85.0 Å². The first-order valence-corrected chi connectivity index (χ1v) is 13.5. The lowest BCUT2D eigenvalue weighted by Crippen LogP contribution is -2.49. The van der Waals surface area contributed by atoms with Crippen molar-refractivity contribution < 1.29 is 4.79 Å². The highest BCUT2D eigenvalue weighted by Crippen LogP contribution is 2.34. The second-order valence-electron chi connectivity index (χ2n) is 10.6. The minimum absolute atomic E-state index is 0.155. The number of likely N-dealkylation sites (N-methyl/N-ethyl adjacent to an activating group) is 1. The second kappa shape index (κ2) is 10.5. The fourth-order valence-corrected chi connectivity index (χ4v) is 5.59. The minimum atomic E-state index is 0.155. The van der Waals surface area contributed by atoms with Crippen LogP contribution >= 0.6 is 0 Å². The summed E-state index contributed by atoms with van der Waals surface area (Å²) < 4.78 is 3.87. The van der Waals surface area contributed by atoms with Crippen molar-refractivity contribution in [2.75, 3.05) is 33.2 Å². The van der Waals surface area contributed by atoms with Crippen LogP contribution in [0.1, 0.15) is 31.7 Å². The summed E-state index contributed by atoms with van der Waals surface area (Å²) in [6.45, 7) is 3.66. The minimum Gasteiger partial charge on any atom is -0.340 e. The van der Waals surface area contributed by atoms with Crippen LogP contribution in [0.4, 0.5) is 0 Å². The molecule has 1 saturated heterocycles. The molecule has 0 radical (unpaired) electrons. The molecule has 196 valence electrons. The molecule has 2 fully saturated rings. The van der Waals surface area contributed by atoms with Gasteiger partial charge in [0.25, 0.3) is 0 Å². The van der Waals surface area contributed by atoms with E-state index in [1.807, 2.05) is 50.2 Å². The van der Waals surface area contributed by atoms with Gasteiger partial charge < -0.3 is 9.80 Å². The third kappa shape index (κ3) is 5.11. The number of aryl methyl sites for hydroxylation is 1. The molecule has 0 N–H and O–H groups in total. The van der Waals surface area contributed by atoms with E-state index >= 15 is 0 Å². The van der Waals surface area contributed by atoms with Crippen LogP contribution in [0.25, 0.3) is 33.6 Å². The first kappa shape index (κ1) is 24.5. The summed E-state index contributed by atoms with van der Waals surface area (Å²) in [6, 6.07) is 8.54. The molecule has 1 aliphatic carbocycles. The molecule has 1 aliphatic heterocycles. The molecule has 3 aromatic heterocycles. The lowest BCUT2D eigenvalue weighted by atomic mass is 9.85. The van der Waals surface area contributed by atoms with Gasteiger partial charge in [-0.1, -0.05) is 18.2 Å². The summed E-state index contributed by atoms with van der Waals surface area (Å²) in [5.74, 6) is 1.19. The van der Waals surface area contributed by atoms with E-state index in [1.54, 1.807) is 4.68 Å². The van der Waals surface area contributed by atoms with Crippen molar-refractivity contribution in [3.05, 3.63) is 61.4 Å². The molecule has 2 aliphatic rings. The van der Waals surface area contributed by atoms with Crippen molar-refractivity contribution in [1.29, 1.82) is 0 Å². The monoisotopic (exact) mass is 510 g/mol. The number of rotatable bonds is 5. The Morgan fingerprint density at radius 1 is 0.763 bits per heavy atom. The number of nitrogens with zero attached hydrogens (tertiary/aromatic N) is 8. The maximum absolute atomic E-state index is 13.0. The van der Waals surface area contributed by atoms with Gasteiger partial charge in [0.15, 0.2) is 5.82 Å². The summed E-state index contributed by atoms with van der Waals surface area (Å²) in [4.78, 5) is 26.6. The highest BCUT2D eigenvalue weighted by molar-refractivity contribution is 5.79. The van der Waals surface area contributed by atoms with Crippen molar-refractivity contribution in [3.63, 3.8) is 0 Å². The fourth-order valence-electron chi connectivity index (χ4n) is 5.59. The van der Waals surface area contributed by atoms with Crippen molar-refractivity contribution in [3.8, 4) is 33.6 Å². The molecule has 0 bridgehead atoms. The molecule has 1 amide bonds. The number of aromatic nitrogens is 6. The Morgan fingerprint density at radius 2 is 1.45 bits per heavy atom. The van der Waals surface area contributed by atoms with Gasteiger partial charge >= 0.3 is 0 Å². The SMILES string of the molecule is CN1CCN(C(=O)C2CCC(n3cc(-c4cnc(-c5cccc(-c6cnn(C)c6)c5)nc4)cn3)CC2)CC1. The van der Waals surface area contributed by atoms with Gasteiger partial charge in [0, 0.05) is 86.2 Å². The number of hydrogen-bond donors (Lipinski definition) is 0. The quantitative estimate of drug-likeness (QED) is 0.405. The zero-order valence-corrected chi connectivity index (χ0v) is 22.1. The molecule has 1 aromatic carbocycles. The standard InChI is InChI=1S/C29H34N8O/c1-34-10-12-36(13-11-34)29(38)21-6-8-27(9-7-21)37-20-26(18-33-37)24-15-30-28(31-16-24)23-5-3-4-22(14-23)25-17-32-35(2)19-25/h3-5,14-21,27H,6-13H2,1-2H3. The van der Waals surface area contributed by atoms with Crippen LogP contribution in [-0.4, -0.2) is 78.5 Å². The van der Waals surface area contributed by atoms with Crippen molar-refractivity contribution >= 4 is 5.91 Å². The summed E-state index contributed by atoms with van der Waals surface area (Å²) >= 11 is 0. The normalized spacial score (nSPS) is 20.5. The van der Waals surface area contributed by atoms with Crippen molar-refractivity contribution in [2.24, 2.45) is 13.0 Å². The molecular weight excluding hydrogens is 476 g/mol. The van der Waals surface area contributed by atoms with Crippen LogP contribution in [-0.2, 0) is 11.8 Å². The summed E-state index contributed by atoms with van der Waals surface area (Å²) in [5.41, 5.74) is 5.08. The predicted octanol–water partition coefficient (Wildman–Crippen LogP) is 3.91. The number of carbonyl (C=O) groups excluding carboxylic acids is 1. The first-order chi connectivity index (χ1) is 18.5. The summed E-state index contributed by atoms with van der Waals surface area (Å²) in [5, 5.41) is 8.93. The molecular formula is C29H34N8O. The molecule has 38 heavy (non-hydrogen) atoms. The third-order valence-electron chi connectivity index (χ3n) is 7.98. The Morgan fingerprint density at radius 3 is 2.16 bits per heavy atom. The zero-order valence-electron chi connectivity index (χ0n) is 22.1. The van der Waals surface area contributed by atoms with Gasteiger partial charge in [0.1, 0.15) is 0 Å². The molecule has 0 unspecified atom stereocenters. The van der Waals surface area contributed by atoms with E-state index in [-0.39, 0.29) is 5.92 Å². The zero-order chi connectivity index (χ0) is 26.1. The molecule has 4 heterocycles. The van der Waals surface area contributed by atoms with Crippen LogP contribution in [0.5, 0.6) is 0 Å². The molecule has 0 atom stereocenters. The number of benzene rings is 1. The maximum Gasteiger partial charge on any atom is 0.225 e. The number of piperazine rings is 1. The van der Waals surface area contributed by atoms with Gasteiger partial charge in [-0.25, -0.2) is 9.97 Å². The third-order valence-corrected chi connectivity index (χ3v) is 7.98. The fraction of sp³-hybridized carbons (Fsp3) is 0.414. The lowest BCUT2D eigenvalue weighted by Gasteiger charge is -2.36. The molecule has 0 spiro atoms. The molecule has 9 nitrogen and oxygen atoms in total. The highest BCUT2D eigenvalue weighted by atomic mass is 16.2. The Hall–Kier alpha value is -3.85. The molecule has 4 aromatic rings. The van der Waals surface area contributed by atoms with E-state index < -0.39 is 0 Å². The van der Waals surface area contributed by atoms with Crippen molar-refractivity contribution in [2.45, 2.75) is 31.7 Å². The lowest BCUT2D eigenvalue weighted by molar-refractivity contribution is -0.138. The van der Waals surface area contributed by atoms with E-state index in [2.05, 4.69) is 60.0 Å². The van der Waals surface area contributed by atoms with Crippen LogP contribution in [0.3, 0.4) is 0 Å². The van der Waals surface area contributed by atoms with Crippen LogP contribution < -0.4 is 0 Å². The molecule has 1 saturated carbocycles. The van der Waals surface area contributed by atoms with Crippen LogP contribution in [0, 0.1) is 5.92 Å². The van der Waals surface area contributed by atoms with E-state index in [9.17, 15) is 4.79 Å². The summed E-state index contributed by atoms with van der Waals surface area (Å²) in [7, 11) is 4.04. The van der Waals surface area contributed by atoms with Crippen molar-refractivity contribution in [1.82, 2.24) is 39.3 Å². The van der Waals surface area contributed by atoms with Gasteiger partial charge in [-0.15, -0.1) is 0 Å². The molecule has 6 rings (SSSR count). The van der Waals surface area contributed by atoms with Gasteiger partial charge in [-0.3, -0.25) is 14.2 Å². The Balaban J connectivity index is 1.09. The van der Waals surface area contributed by atoms with Crippen LogP contribution in [0.2, 0.25) is 0 Å². The van der Waals surface area contributed by atoms with Gasteiger partial charge in [0.2, 0.25) is 5.91 Å². The second-order valence-corrected chi connectivity index (χ2v) is 10.6. The Labute approximate surface area is 223 Å². The van der Waals surface area contributed by atoms with E-state index in [0.29, 0.717) is 17.8 Å². The van der Waals surface area contributed by atoms with Gasteiger partial charge in [-0.2, -0.15) is 10.2 Å². The smallest absolute Gasteiger partial charge is 0.225 e. The van der Waals surface area contributed by atoms with E-state index in [0.717, 1.165) is 79.7 Å². The Kier molecular flexibility index (Phi) is 6.76. The highest BCUT2D eigenvalue weighted by Gasteiger charge is 2.31. The number of carbonyl (C=O) groups is 1.